The van der Waals surface area contributed by atoms with Crippen molar-refractivity contribution in [3.63, 3.8) is 0 Å². The summed E-state index contributed by atoms with van der Waals surface area (Å²) in [5.74, 6) is -0.0212. The zero-order valence-electron chi connectivity index (χ0n) is 15.3. The van der Waals surface area contributed by atoms with Crippen LogP contribution in [0.5, 0.6) is 0 Å². The molecule has 2 rings (SSSR count). The first-order chi connectivity index (χ1) is 11.8. The Kier molecular flexibility index (Phi) is 6.35. The summed E-state index contributed by atoms with van der Waals surface area (Å²) in [5.41, 5.74) is 1.42. The molecule has 1 aromatic rings. The molecule has 1 aromatic heterocycles. The van der Waals surface area contributed by atoms with Crippen molar-refractivity contribution < 1.29 is 15.0 Å². The highest BCUT2D eigenvalue weighted by Crippen LogP contribution is 2.36. The van der Waals surface area contributed by atoms with Crippen LogP contribution >= 0.6 is 0 Å². The zero-order chi connectivity index (χ0) is 18.6. The molecule has 0 radical (unpaired) electrons. The number of amides is 1. The SMILES string of the molecule is CCC[C@]1(CO)CCN(C(=O)CCc2c(C)nc(=O)[nH]c2C)C[C@H]1O. The lowest BCUT2D eigenvalue weighted by Gasteiger charge is -2.44. The summed E-state index contributed by atoms with van der Waals surface area (Å²) in [6.07, 6.45) is 2.38. The smallest absolute Gasteiger partial charge is 0.345 e. The third kappa shape index (κ3) is 4.27. The summed E-state index contributed by atoms with van der Waals surface area (Å²) in [4.78, 5) is 32.1. The van der Waals surface area contributed by atoms with Crippen LogP contribution in [0.15, 0.2) is 4.79 Å². The molecular weight excluding hydrogens is 322 g/mol. The Morgan fingerprint density at radius 3 is 2.72 bits per heavy atom. The lowest BCUT2D eigenvalue weighted by molar-refractivity contribution is -0.142. The third-order valence-electron chi connectivity index (χ3n) is 5.44. The van der Waals surface area contributed by atoms with Crippen molar-refractivity contribution in [2.75, 3.05) is 19.7 Å². The van der Waals surface area contributed by atoms with Gasteiger partial charge in [-0.2, -0.15) is 4.98 Å². The minimum absolute atomic E-state index is 0.0212. The topological polar surface area (TPSA) is 107 Å². The predicted octanol–water partition coefficient (Wildman–Crippen LogP) is 0.691. The van der Waals surface area contributed by atoms with Crippen molar-refractivity contribution in [3.8, 4) is 0 Å². The average Bonchev–Trinajstić information content (AvgIpc) is 2.55. The van der Waals surface area contributed by atoms with Crippen LogP contribution in [-0.4, -0.2) is 56.8 Å². The van der Waals surface area contributed by atoms with E-state index in [1.807, 2.05) is 6.92 Å². The number of hydrogen-bond acceptors (Lipinski definition) is 5. The van der Waals surface area contributed by atoms with E-state index in [0.29, 0.717) is 31.5 Å². The quantitative estimate of drug-likeness (QED) is 0.699. The van der Waals surface area contributed by atoms with Gasteiger partial charge in [0.1, 0.15) is 0 Å². The average molecular weight is 351 g/mol. The molecule has 140 valence electrons. The van der Waals surface area contributed by atoms with Gasteiger partial charge in [0.05, 0.1) is 12.7 Å². The minimum Gasteiger partial charge on any atom is -0.396 e. The first-order valence-electron chi connectivity index (χ1n) is 8.96. The van der Waals surface area contributed by atoms with Gasteiger partial charge in [0, 0.05) is 36.3 Å². The Morgan fingerprint density at radius 2 is 2.16 bits per heavy atom. The van der Waals surface area contributed by atoms with Gasteiger partial charge in [-0.15, -0.1) is 0 Å². The number of H-pyrrole nitrogens is 1. The molecule has 1 aliphatic heterocycles. The summed E-state index contributed by atoms with van der Waals surface area (Å²) >= 11 is 0. The van der Waals surface area contributed by atoms with Crippen molar-refractivity contribution in [2.24, 2.45) is 5.41 Å². The first kappa shape index (κ1) is 19.6. The molecule has 1 saturated heterocycles. The van der Waals surface area contributed by atoms with Gasteiger partial charge in [0.25, 0.3) is 0 Å². The monoisotopic (exact) mass is 351 g/mol. The fourth-order valence-electron chi connectivity index (χ4n) is 3.81. The number of aliphatic hydroxyl groups excluding tert-OH is 2. The van der Waals surface area contributed by atoms with Gasteiger partial charge in [-0.1, -0.05) is 13.3 Å². The maximum Gasteiger partial charge on any atom is 0.345 e. The van der Waals surface area contributed by atoms with Crippen molar-refractivity contribution >= 4 is 5.91 Å². The van der Waals surface area contributed by atoms with E-state index >= 15 is 0 Å². The number of β-amino-alcohol motifs (C(OH)–C–C–N with tert-alkyl or cyclic N) is 1. The van der Waals surface area contributed by atoms with Gasteiger partial charge in [-0.05, 0) is 38.7 Å². The Balaban J connectivity index is 1.98. The molecule has 1 aliphatic rings. The molecule has 0 saturated carbocycles. The van der Waals surface area contributed by atoms with Gasteiger partial charge in [-0.3, -0.25) is 4.79 Å². The number of aryl methyl sites for hydroxylation is 2. The third-order valence-corrected chi connectivity index (χ3v) is 5.44. The Bertz CT molecular complexity index is 647. The van der Waals surface area contributed by atoms with E-state index in [4.69, 9.17) is 0 Å². The number of nitrogens with zero attached hydrogens (tertiary/aromatic N) is 2. The van der Waals surface area contributed by atoms with E-state index in [1.165, 1.54) is 0 Å². The van der Waals surface area contributed by atoms with Crippen molar-refractivity contribution in [1.29, 1.82) is 0 Å². The molecule has 0 unspecified atom stereocenters. The Labute approximate surface area is 148 Å². The predicted molar refractivity (Wildman–Crippen MR) is 94.3 cm³/mol. The van der Waals surface area contributed by atoms with Crippen molar-refractivity contribution in [1.82, 2.24) is 14.9 Å². The standard InChI is InChI=1S/C18H29N3O4/c1-4-7-18(11-22)8-9-21(10-15(18)23)16(24)6-5-14-12(2)19-17(25)20-13(14)3/h15,22-23H,4-11H2,1-3H3,(H,19,20,25)/t15-,18-/m1/s1. The van der Waals surface area contributed by atoms with Crippen LogP contribution in [0, 0.1) is 19.3 Å². The van der Waals surface area contributed by atoms with Crippen LogP contribution in [0.25, 0.3) is 0 Å². The Morgan fingerprint density at radius 1 is 1.44 bits per heavy atom. The summed E-state index contributed by atoms with van der Waals surface area (Å²) < 4.78 is 0. The number of aromatic nitrogens is 2. The van der Waals surface area contributed by atoms with Crippen LogP contribution in [0.3, 0.4) is 0 Å². The van der Waals surface area contributed by atoms with E-state index < -0.39 is 11.5 Å². The molecule has 1 amide bonds. The second-order valence-corrected chi connectivity index (χ2v) is 7.11. The molecule has 0 bridgehead atoms. The molecule has 2 heterocycles. The highest BCUT2D eigenvalue weighted by molar-refractivity contribution is 5.76. The van der Waals surface area contributed by atoms with Crippen LogP contribution in [-0.2, 0) is 11.2 Å². The molecule has 3 N–H and O–H groups in total. The maximum absolute atomic E-state index is 12.5. The minimum atomic E-state index is -0.701. The largest absolute Gasteiger partial charge is 0.396 e. The number of carbonyl (C=O) groups excluding carboxylic acids is 1. The number of aromatic amines is 1. The molecule has 0 aliphatic carbocycles. The number of nitrogens with one attached hydrogen (secondary N) is 1. The highest BCUT2D eigenvalue weighted by Gasteiger charge is 2.42. The fraction of sp³-hybridized carbons (Fsp3) is 0.722. The van der Waals surface area contributed by atoms with Gasteiger partial charge in [0.15, 0.2) is 0 Å². The molecule has 25 heavy (non-hydrogen) atoms. The van der Waals surface area contributed by atoms with E-state index in [1.54, 1.807) is 18.7 Å². The number of piperidine rings is 1. The van der Waals surface area contributed by atoms with E-state index in [0.717, 1.165) is 24.1 Å². The zero-order valence-corrected chi connectivity index (χ0v) is 15.3. The van der Waals surface area contributed by atoms with Crippen molar-refractivity contribution in [2.45, 2.75) is 59.0 Å². The summed E-state index contributed by atoms with van der Waals surface area (Å²) in [5, 5.41) is 20.2. The van der Waals surface area contributed by atoms with Gasteiger partial charge in [-0.25, -0.2) is 4.79 Å². The second kappa shape index (κ2) is 8.10. The summed E-state index contributed by atoms with van der Waals surface area (Å²) in [7, 11) is 0. The van der Waals surface area contributed by atoms with Crippen LogP contribution in [0.4, 0.5) is 0 Å². The van der Waals surface area contributed by atoms with E-state index in [-0.39, 0.29) is 24.7 Å². The summed E-state index contributed by atoms with van der Waals surface area (Å²) in [6.45, 7) is 6.38. The fourth-order valence-corrected chi connectivity index (χ4v) is 3.81. The molecule has 1 fully saturated rings. The molecule has 2 atom stereocenters. The highest BCUT2D eigenvalue weighted by atomic mass is 16.3. The lowest BCUT2D eigenvalue weighted by atomic mass is 9.73. The number of rotatable bonds is 6. The molecular formula is C18H29N3O4. The van der Waals surface area contributed by atoms with Gasteiger partial charge in [0.2, 0.25) is 5.91 Å². The number of carbonyl (C=O) groups is 1. The number of likely N-dealkylation sites (tertiary alicyclic amines) is 1. The first-order valence-corrected chi connectivity index (χ1v) is 8.96. The van der Waals surface area contributed by atoms with Crippen LogP contribution in [0.1, 0.15) is 49.6 Å². The summed E-state index contributed by atoms with van der Waals surface area (Å²) in [6, 6.07) is 0. The maximum atomic E-state index is 12.5. The number of aliphatic hydroxyl groups is 2. The Hall–Kier alpha value is -1.73. The van der Waals surface area contributed by atoms with Gasteiger partial charge >= 0.3 is 5.69 Å². The molecule has 0 spiro atoms. The lowest BCUT2D eigenvalue weighted by Crippen LogP contribution is -2.54. The normalized spacial score (nSPS) is 23.7. The molecule has 7 nitrogen and oxygen atoms in total. The van der Waals surface area contributed by atoms with E-state index in [2.05, 4.69) is 9.97 Å². The molecule has 0 aromatic carbocycles. The van der Waals surface area contributed by atoms with Crippen molar-refractivity contribution in [3.05, 3.63) is 27.4 Å². The van der Waals surface area contributed by atoms with Crippen LogP contribution < -0.4 is 5.69 Å². The second-order valence-electron chi connectivity index (χ2n) is 7.11. The number of hydrogen-bond donors (Lipinski definition) is 3. The van der Waals surface area contributed by atoms with E-state index in [9.17, 15) is 19.8 Å². The van der Waals surface area contributed by atoms with Gasteiger partial charge < -0.3 is 20.1 Å². The van der Waals surface area contributed by atoms with Crippen LogP contribution in [0.2, 0.25) is 0 Å². The molecule has 7 heteroatoms.